The molecule has 3 aromatic rings. The van der Waals surface area contributed by atoms with Crippen molar-refractivity contribution < 1.29 is 19.3 Å². The smallest absolute Gasteiger partial charge is 0.244 e. The second-order valence-electron chi connectivity index (χ2n) is 6.88. The van der Waals surface area contributed by atoms with Gasteiger partial charge in [0.05, 0.1) is 31.4 Å². The molecule has 8 heteroatoms. The molecule has 1 aromatic heterocycles. The number of ether oxygens (including phenoxy) is 3. The van der Waals surface area contributed by atoms with E-state index in [-0.39, 0.29) is 34.6 Å². The Morgan fingerprint density at radius 3 is 2.37 bits per heavy atom. The van der Waals surface area contributed by atoms with Crippen molar-refractivity contribution in [2.75, 3.05) is 14.2 Å². The number of phenols is 1. The fraction of sp³-hybridized carbons (Fsp3) is 0.182. The zero-order valence-corrected chi connectivity index (χ0v) is 16.7. The van der Waals surface area contributed by atoms with Gasteiger partial charge in [-0.2, -0.15) is 5.26 Å². The number of nitrogens with one attached hydrogen (secondary N) is 1. The first kappa shape index (κ1) is 19.2. The maximum absolute atomic E-state index is 10.3. The van der Waals surface area contributed by atoms with Gasteiger partial charge in [-0.1, -0.05) is 29.8 Å². The minimum Gasteiger partial charge on any atom is -0.502 e. The van der Waals surface area contributed by atoms with Gasteiger partial charge in [0.1, 0.15) is 11.6 Å². The Balaban J connectivity index is 1.98. The lowest BCUT2D eigenvalue weighted by Crippen LogP contribution is -2.21. The molecule has 4 N–H and O–H groups in total. The van der Waals surface area contributed by atoms with Crippen molar-refractivity contribution in [1.82, 2.24) is 10.2 Å². The van der Waals surface area contributed by atoms with E-state index in [2.05, 4.69) is 16.3 Å². The first-order chi connectivity index (χ1) is 14.5. The highest BCUT2D eigenvalue weighted by Crippen LogP contribution is 2.48. The Morgan fingerprint density at radius 1 is 1.17 bits per heavy atom. The topological polar surface area (TPSA) is 126 Å². The summed E-state index contributed by atoms with van der Waals surface area (Å²) in [7, 11) is 2.89. The molecule has 2 heterocycles. The summed E-state index contributed by atoms with van der Waals surface area (Å²) in [5, 5.41) is 27.4. The van der Waals surface area contributed by atoms with Crippen LogP contribution in [0, 0.1) is 18.3 Å². The van der Waals surface area contributed by atoms with Crippen LogP contribution >= 0.6 is 0 Å². The lowest BCUT2D eigenvalue weighted by atomic mass is 9.82. The van der Waals surface area contributed by atoms with E-state index < -0.39 is 5.92 Å². The van der Waals surface area contributed by atoms with Crippen LogP contribution in [0.2, 0.25) is 0 Å². The van der Waals surface area contributed by atoms with Gasteiger partial charge in [-0.3, -0.25) is 5.10 Å². The summed E-state index contributed by atoms with van der Waals surface area (Å²) in [5.41, 5.74) is 10.3. The third-order valence-corrected chi connectivity index (χ3v) is 5.11. The first-order valence-corrected chi connectivity index (χ1v) is 9.16. The molecule has 0 aliphatic carbocycles. The molecule has 0 saturated heterocycles. The number of nitrogens with two attached hydrogens (primary N) is 1. The van der Waals surface area contributed by atoms with Crippen LogP contribution in [0.3, 0.4) is 0 Å². The largest absolute Gasteiger partial charge is 0.502 e. The average molecular weight is 404 g/mol. The number of hydrogen-bond acceptors (Lipinski definition) is 7. The Bertz CT molecular complexity index is 1160. The number of aryl methyl sites for hydroxylation is 1. The van der Waals surface area contributed by atoms with Gasteiger partial charge in [0.2, 0.25) is 17.5 Å². The first-order valence-electron chi connectivity index (χ1n) is 9.16. The molecule has 0 fully saturated rings. The molecule has 0 bridgehead atoms. The number of fused-ring (bicyclic) bond motifs is 1. The molecular weight excluding hydrogens is 384 g/mol. The lowest BCUT2D eigenvalue weighted by Gasteiger charge is -2.25. The third kappa shape index (κ3) is 2.97. The predicted molar refractivity (Wildman–Crippen MR) is 109 cm³/mol. The van der Waals surface area contributed by atoms with E-state index in [9.17, 15) is 10.4 Å². The van der Waals surface area contributed by atoms with Gasteiger partial charge in [0.25, 0.3) is 0 Å². The highest BCUT2D eigenvalue weighted by Gasteiger charge is 2.36. The lowest BCUT2D eigenvalue weighted by molar-refractivity contribution is 0.338. The van der Waals surface area contributed by atoms with Crippen LogP contribution in [0.25, 0.3) is 11.3 Å². The number of hydrogen-bond donors (Lipinski definition) is 3. The summed E-state index contributed by atoms with van der Waals surface area (Å²) >= 11 is 0. The molecule has 8 nitrogen and oxygen atoms in total. The van der Waals surface area contributed by atoms with E-state index in [1.165, 1.54) is 14.2 Å². The molecule has 152 valence electrons. The van der Waals surface area contributed by atoms with Crippen molar-refractivity contribution in [2.24, 2.45) is 5.73 Å². The molecule has 4 rings (SSSR count). The van der Waals surface area contributed by atoms with E-state index in [1.54, 1.807) is 12.1 Å². The van der Waals surface area contributed by atoms with Crippen LogP contribution in [0.1, 0.15) is 22.6 Å². The number of methoxy groups -OCH3 is 2. The summed E-state index contributed by atoms with van der Waals surface area (Å²) in [5.74, 6) is -0.0297. The number of aromatic amines is 1. The number of nitrogens with zero attached hydrogens (tertiary/aromatic N) is 2. The molecule has 0 amide bonds. The quantitative estimate of drug-likeness (QED) is 0.609. The second kappa shape index (κ2) is 7.37. The molecule has 0 unspecified atom stereocenters. The number of H-pyrrole nitrogens is 1. The molecule has 1 aliphatic rings. The highest BCUT2D eigenvalue weighted by atomic mass is 16.5. The van der Waals surface area contributed by atoms with Gasteiger partial charge in [-0.25, -0.2) is 0 Å². The Labute approximate surface area is 173 Å². The average Bonchev–Trinajstić information content (AvgIpc) is 3.16. The molecular formula is C22H20N4O4. The minimum absolute atomic E-state index is 0.0250. The van der Waals surface area contributed by atoms with E-state index in [4.69, 9.17) is 19.9 Å². The molecule has 30 heavy (non-hydrogen) atoms. The van der Waals surface area contributed by atoms with Crippen LogP contribution in [0.4, 0.5) is 0 Å². The SMILES string of the molecule is COc1cc([C@@H]2C(C#N)=C(N)Oc3n[nH]c(-c4ccc(C)cc4)c32)cc(OC)c1O. The Hall–Kier alpha value is -4.12. The number of benzene rings is 2. The number of rotatable bonds is 4. The summed E-state index contributed by atoms with van der Waals surface area (Å²) in [6.07, 6.45) is 0. The molecule has 0 radical (unpaired) electrons. The Morgan fingerprint density at radius 2 is 1.80 bits per heavy atom. The fourth-order valence-electron chi connectivity index (χ4n) is 3.60. The van der Waals surface area contributed by atoms with Crippen LogP contribution in [-0.2, 0) is 0 Å². The van der Waals surface area contributed by atoms with Gasteiger partial charge in [-0.05, 0) is 24.6 Å². The van der Waals surface area contributed by atoms with E-state index in [1.807, 2.05) is 31.2 Å². The molecule has 0 saturated carbocycles. The standard InChI is InChI=1S/C22H20N4O4/c1-11-4-6-12(7-5-11)19-18-17(14(10-23)21(24)30-22(18)26-25-19)13-8-15(28-2)20(27)16(9-13)29-3/h4-9,17,27H,24H2,1-3H3,(H,25,26)/t17-/m1/s1. The fourth-order valence-corrected chi connectivity index (χ4v) is 3.60. The van der Waals surface area contributed by atoms with Crippen LogP contribution < -0.4 is 19.9 Å². The molecule has 1 atom stereocenters. The van der Waals surface area contributed by atoms with Gasteiger partial charge in [0.15, 0.2) is 11.5 Å². The van der Waals surface area contributed by atoms with Crippen LogP contribution in [0.15, 0.2) is 47.9 Å². The second-order valence-corrected chi connectivity index (χ2v) is 6.88. The van der Waals surface area contributed by atoms with Crippen molar-refractivity contribution in [2.45, 2.75) is 12.8 Å². The van der Waals surface area contributed by atoms with Crippen molar-refractivity contribution in [1.29, 1.82) is 5.26 Å². The molecule has 2 aromatic carbocycles. The van der Waals surface area contributed by atoms with Crippen LogP contribution in [0.5, 0.6) is 23.1 Å². The van der Waals surface area contributed by atoms with Gasteiger partial charge in [0, 0.05) is 5.56 Å². The summed E-state index contributed by atoms with van der Waals surface area (Å²) in [6, 6.07) is 13.4. The number of allylic oxidation sites excluding steroid dienone is 1. The summed E-state index contributed by atoms with van der Waals surface area (Å²) in [6.45, 7) is 2.00. The van der Waals surface area contributed by atoms with Crippen LogP contribution in [-0.4, -0.2) is 29.5 Å². The van der Waals surface area contributed by atoms with E-state index in [0.717, 1.165) is 11.1 Å². The third-order valence-electron chi connectivity index (χ3n) is 5.11. The summed E-state index contributed by atoms with van der Waals surface area (Å²) < 4.78 is 16.2. The summed E-state index contributed by atoms with van der Waals surface area (Å²) in [4.78, 5) is 0. The van der Waals surface area contributed by atoms with Crippen molar-refractivity contribution in [3.05, 3.63) is 64.5 Å². The number of aromatic hydroxyl groups is 1. The number of aromatic nitrogens is 2. The van der Waals surface area contributed by atoms with E-state index in [0.29, 0.717) is 16.8 Å². The predicted octanol–water partition coefficient (Wildman–Crippen LogP) is 3.33. The Kier molecular flexibility index (Phi) is 4.72. The van der Waals surface area contributed by atoms with Crippen molar-refractivity contribution in [3.8, 4) is 40.5 Å². The maximum Gasteiger partial charge on any atom is 0.244 e. The van der Waals surface area contributed by atoms with Crippen molar-refractivity contribution >= 4 is 0 Å². The van der Waals surface area contributed by atoms with Crippen molar-refractivity contribution in [3.63, 3.8) is 0 Å². The maximum atomic E-state index is 10.3. The van der Waals surface area contributed by atoms with Gasteiger partial charge in [-0.15, -0.1) is 5.10 Å². The number of phenolic OH excluding ortho intramolecular Hbond substituents is 1. The zero-order chi connectivity index (χ0) is 21.4. The number of nitriles is 1. The zero-order valence-electron chi connectivity index (χ0n) is 16.7. The normalized spacial score (nSPS) is 15.2. The highest BCUT2D eigenvalue weighted by molar-refractivity contribution is 5.71. The van der Waals surface area contributed by atoms with E-state index >= 15 is 0 Å². The monoisotopic (exact) mass is 404 g/mol. The van der Waals surface area contributed by atoms with Gasteiger partial charge < -0.3 is 25.1 Å². The molecule has 0 spiro atoms. The minimum atomic E-state index is -0.600. The molecule has 1 aliphatic heterocycles. The van der Waals surface area contributed by atoms with Gasteiger partial charge >= 0.3 is 0 Å².